The maximum atomic E-state index is 11.8. The molecular formula is C14H14N4O2. The third-order valence-corrected chi connectivity index (χ3v) is 3.34. The van der Waals surface area contributed by atoms with Crippen LogP contribution in [0.5, 0.6) is 0 Å². The first-order valence-electron chi connectivity index (χ1n) is 6.23. The van der Waals surface area contributed by atoms with Gasteiger partial charge in [0, 0.05) is 17.7 Å². The highest BCUT2D eigenvalue weighted by atomic mass is 16.3. The van der Waals surface area contributed by atoms with Crippen molar-refractivity contribution < 1.29 is 5.11 Å². The molecule has 0 fully saturated rings. The van der Waals surface area contributed by atoms with E-state index in [-0.39, 0.29) is 24.0 Å². The number of nitrogens with two attached hydrogens (primary N) is 1. The molecule has 0 aliphatic rings. The summed E-state index contributed by atoms with van der Waals surface area (Å²) in [6.45, 7) is -0.0780. The molecule has 3 rings (SSSR count). The van der Waals surface area contributed by atoms with Gasteiger partial charge in [0.2, 0.25) is 5.95 Å². The fourth-order valence-electron chi connectivity index (χ4n) is 2.39. The molecule has 1 atom stereocenters. The molecule has 0 amide bonds. The van der Waals surface area contributed by atoms with E-state index in [9.17, 15) is 9.90 Å². The zero-order chi connectivity index (χ0) is 14.1. The number of aromatic amines is 2. The van der Waals surface area contributed by atoms with Crippen LogP contribution in [0.2, 0.25) is 0 Å². The standard InChI is InChI=1S/C14H14N4O2/c15-14-17-11-9(6-16-12(11)13(20)18-14)10(7-19)8-4-2-1-3-5-8/h1-6,10,16,19H,7H2,(H3,15,17,18,20)/t10-/m0/s1. The second-order valence-corrected chi connectivity index (χ2v) is 4.56. The lowest BCUT2D eigenvalue weighted by Gasteiger charge is -2.13. The predicted molar refractivity (Wildman–Crippen MR) is 76.5 cm³/mol. The van der Waals surface area contributed by atoms with Gasteiger partial charge in [0.05, 0.1) is 6.61 Å². The molecule has 3 aromatic rings. The number of benzene rings is 1. The van der Waals surface area contributed by atoms with Crippen LogP contribution in [0.15, 0.2) is 41.3 Å². The van der Waals surface area contributed by atoms with Crippen LogP contribution in [0.4, 0.5) is 5.95 Å². The molecule has 2 aromatic heterocycles. The SMILES string of the molecule is Nc1nc2c([C@@H](CO)c3ccccc3)c[nH]c2c(=O)[nH]1. The Bertz CT molecular complexity index is 792. The number of aliphatic hydroxyl groups excluding tert-OH is 1. The zero-order valence-corrected chi connectivity index (χ0v) is 10.6. The minimum Gasteiger partial charge on any atom is -0.395 e. The summed E-state index contributed by atoms with van der Waals surface area (Å²) in [5.74, 6) is -0.188. The average molecular weight is 270 g/mol. The van der Waals surface area contributed by atoms with E-state index in [2.05, 4.69) is 15.0 Å². The van der Waals surface area contributed by atoms with Crippen molar-refractivity contribution >= 4 is 17.0 Å². The summed E-state index contributed by atoms with van der Waals surface area (Å²) >= 11 is 0. The second-order valence-electron chi connectivity index (χ2n) is 4.56. The number of H-pyrrole nitrogens is 2. The van der Waals surface area contributed by atoms with E-state index in [1.54, 1.807) is 6.20 Å². The highest BCUT2D eigenvalue weighted by Crippen LogP contribution is 2.28. The quantitative estimate of drug-likeness (QED) is 0.568. The molecule has 0 saturated heterocycles. The lowest BCUT2D eigenvalue weighted by molar-refractivity contribution is 0.281. The number of aromatic nitrogens is 3. The molecule has 2 heterocycles. The molecule has 1 aromatic carbocycles. The molecule has 0 aliphatic carbocycles. The number of nitrogen functional groups attached to an aromatic ring is 1. The zero-order valence-electron chi connectivity index (χ0n) is 10.6. The fourth-order valence-corrected chi connectivity index (χ4v) is 2.39. The van der Waals surface area contributed by atoms with Crippen LogP contribution in [-0.2, 0) is 0 Å². The number of aliphatic hydroxyl groups is 1. The number of rotatable bonds is 3. The average Bonchev–Trinajstić information content (AvgIpc) is 2.85. The molecule has 0 radical (unpaired) electrons. The minimum atomic E-state index is -0.316. The van der Waals surface area contributed by atoms with Gasteiger partial charge in [0.1, 0.15) is 11.0 Å². The number of fused-ring (bicyclic) bond motifs is 1. The second kappa shape index (κ2) is 4.82. The summed E-state index contributed by atoms with van der Waals surface area (Å²) in [6.07, 6.45) is 1.69. The Morgan fingerprint density at radius 1 is 1.30 bits per heavy atom. The van der Waals surface area contributed by atoms with Gasteiger partial charge in [-0.2, -0.15) is 0 Å². The molecule has 102 valence electrons. The number of nitrogens with zero attached hydrogens (tertiary/aromatic N) is 1. The summed E-state index contributed by atoms with van der Waals surface area (Å²) < 4.78 is 0. The topological polar surface area (TPSA) is 108 Å². The van der Waals surface area contributed by atoms with Crippen molar-refractivity contribution in [2.45, 2.75) is 5.92 Å². The van der Waals surface area contributed by atoms with Gasteiger partial charge in [-0.15, -0.1) is 0 Å². The molecule has 0 saturated carbocycles. The molecule has 6 nitrogen and oxygen atoms in total. The van der Waals surface area contributed by atoms with Crippen LogP contribution in [-0.4, -0.2) is 26.7 Å². The van der Waals surface area contributed by atoms with Gasteiger partial charge >= 0.3 is 0 Å². The van der Waals surface area contributed by atoms with Crippen LogP contribution in [0.1, 0.15) is 17.0 Å². The number of hydrogen-bond donors (Lipinski definition) is 4. The van der Waals surface area contributed by atoms with Crippen LogP contribution in [0.25, 0.3) is 11.0 Å². The normalized spacial score (nSPS) is 12.7. The van der Waals surface area contributed by atoms with Gasteiger partial charge in [-0.3, -0.25) is 9.78 Å². The monoisotopic (exact) mass is 270 g/mol. The molecule has 0 spiro atoms. The molecule has 20 heavy (non-hydrogen) atoms. The van der Waals surface area contributed by atoms with Gasteiger partial charge in [-0.05, 0) is 5.56 Å². The lowest BCUT2D eigenvalue weighted by atomic mass is 9.93. The third-order valence-electron chi connectivity index (χ3n) is 3.34. The third kappa shape index (κ3) is 1.96. The van der Waals surface area contributed by atoms with Gasteiger partial charge < -0.3 is 15.8 Å². The maximum Gasteiger partial charge on any atom is 0.276 e. The van der Waals surface area contributed by atoms with Gasteiger partial charge in [-0.1, -0.05) is 30.3 Å². The van der Waals surface area contributed by atoms with E-state index < -0.39 is 0 Å². The maximum absolute atomic E-state index is 11.8. The Morgan fingerprint density at radius 3 is 2.75 bits per heavy atom. The molecular weight excluding hydrogens is 256 g/mol. The van der Waals surface area contributed by atoms with Gasteiger partial charge in [-0.25, -0.2) is 4.98 Å². The highest BCUT2D eigenvalue weighted by Gasteiger charge is 2.19. The largest absolute Gasteiger partial charge is 0.395 e. The van der Waals surface area contributed by atoms with E-state index in [1.165, 1.54) is 0 Å². The first-order valence-corrected chi connectivity index (χ1v) is 6.23. The van der Waals surface area contributed by atoms with E-state index in [0.29, 0.717) is 11.0 Å². The summed E-state index contributed by atoms with van der Waals surface area (Å²) in [5.41, 5.74) is 7.84. The Balaban J connectivity index is 2.21. The fraction of sp³-hybridized carbons (Fsp3) is 0.143. The Labute approximate surface area is 114 Å². The molecule has 0 unspecified atom stereocenters. The highest BCUT2D eigenvalue weighted by molar-refractivity contribution is 5.80. The molecule has 0 bridgehead atoms. The van der Waals surface area contributed by atoms with E-state index >= 15 is 0 Å². The smallest absolute Gasteiger partial charge is 0.276 e. The first kappa shape index (κ1) is 12.4. The lowest BCUT2D eigenvalue weighted by Crippen LogP contribution is -2.12. The van der Waals surface area contributed by atoms with Crippen LogP contribution in [0.3, 0.4) is 0 Å². The first-order chi connectivity index (χ1) is 9.70. The van der Waals surface area contributed by atoms with E-state index in [1.807, 2.05) is 30.3 Å². The van der Waals surface area contributed by atoms with Crippen LogP contribution in [0, 0.1) is 0 Å². The summed E-state index contributed by atoms with van der Waals surface area (Å²) in [6, 6.07) is 9.57. The van der Waals surface area contributed by atoms with E-state index in [0.717, 1.165) is 11.1 Å². The summed E-state index contributed by atoms with van der Waals surface area (Å²) in [7, 11) is 0. The Kier molecular flexibility index (Phi) is 3.00. The molecule has 6 heteroatoms. The predicted octanol–water partition coefficient (Wildman–Crippen LogP) is 0.958. The summed E-state index contributed by atoms with van der Waals surface area (Å²) in [4.78, 5) is 21.3. The van der Waals surface area contributed by atoms with Crippen LogP contribution >= 0.6 is 0 Å². The van der Waals surface area contributed by atoms with Crippen molar-refractivity contribution in [3.05, 3.63) is 58.0 Å². The minimum absolute atomic E-state index is 0.0631. The Hall–Kier alpha value is -2.60. The van der Waals surface area contributed by atoms with Crippen molar-refractivity contribution in [1.29, 1.82) is 0 Å². The van der Waals surface area contributed by atoms with Crippen molar-refractivity contribution in [2.75, 3.05) is 12.3 Å². The molecule has 5 N–H and O–H groups in total. The van der Waals surface area contributed by atoms with E-state index in [4.69, 9.17) is 5.73 Å². The number of hydrogen-bond acceptors (Lipinski definition) is 4. The van der Waals surface area contributed by atoms with Crippen molar-refractivity contribution in [1.82, 2.24) is 15.0 Å². The number of nitrogens with one attached hydrogen (secondary N) is 2. The summed E-state index contributed by atoms with van der Waals surface area (Å²) in [5, 5.41) is 9.69. The Morgan fingerprint density at radius 2 is 2.05 bits per heavy atom. The van der Waals surface area contributed by atoms with Crippen molar-refractivity contribution in [3.63, 3.8) is 0 Å². The van der Waals surface area contributed by atoms with Crippen molar-refractivity contribution in [3.8, 4) is 0 Å². The van der Waals surface area contributed by atoms with Gasteiger partial charge in [0.15, 0.2) is 0 Å². The van der Waals surface area contributed by atoms with Crippen LogP contribution < -0.4 is 11.3 Å². The van der Waals surface area contributed by atoms with Gasteiger partial charge in [0.25, 0.3) is 5.56 Å². The number of anilines is 1. The molecule has 0 aliphatic heterocycles. The van der Waals surface area contributed by atoms with Crippen molar-refractivity contribution in [2.24, 2.45) is 0 Å².